The maximum Gasteiger partial charge on any atom is 0.0541 e. The Balaban J connectivity index is 0.914. The molecule has 2 nitrogen and oxygen atoms in total. The summed E-state index contributed by atoms with van der Waals surface area (Å²) < 4.78 is 2.41. The Morgan fingerprint density at radius 1 is 0.308 bits per heavy atom. The molecule has 12 rings (SSSR count). The van der Waals surface area contributed by atoms with Gasteiger partial charge in [0.15, 0.2) is 0 Å². The zero-order valence-electron chi connectivity index (χ0n) is 36.5. The quantitative estimate of drug-likeness (QED) is 0.148. The van der Waals surface area contributed by atoms with E-state index in [1.807, 2.05) is 0 Å². The summed E-state index contributed by atoms with van der Waals surface area (Å²) >= 11 is 0. The molecule has 0 fully saturated rings. The number of fused-ring (bicyclic) bond motifs is 6. The average molecular weight is 831 g/mol. The van der Waals surface area contributed by atoms with Crippen molar-refractivity contribution < 1.29 is 0 Å². The maximum atomic E-state index is 2.41. The Morgan fingerprint density at radius 2 is 0.692 bits per heavy atom. The lowest BCUT2D eigenvalue weighted by molar-refractivity contribution is 0.660. The molecule has 308 valence electrons. The number of aromatic nitrogens is 1. The molecule has 1 aliphatic carbocycles. The molecule has 0 saturated carbocycles. The molecule has 0 atom stereocenters. The molecule has 2 heteroatoms. The third-order valence-electron chi connectivity index (χ3n) is 13.6. The van der Waals surface area contributed by atoms with Gasteiger partial charge in [0.25, 0.3) is 0 Å². The molecule has 1 aliphatic rings. The van der Waals surface area contributed by atoms with E-state index in [0.717, 1.165) is 22.7 Å². The van der Waals surface area contributed by atoms with Crippen LogP contribution in [-0.2, 0) is 5.41 Å². The van der Waals surface area contributed by atoms with Crippen LogP contribution in [0.2, 0.25) is 0 Å². The lowest BCUT2D eigenvalue weighted by atomic mass is 9.82. The summed E-state index contributed by atoms with van der Waals surface area (Å²) in [6, 6.07) is 88.8. The van der Waals surface area contributed by atoms with Gasteiger partial charge >= 0.3 is 0 Å². The largest absolute Gasteiger partial charge is 0.310 e. The first-order valence-corrected chi connectivity index (χ1v) is 22.6. The topological polar surface area (TPSA) is 8.17 Å². The summed E-state index contributed by atoms with van der Waals surface area (Å²) in [4.78, 5) is 2.39. The molecular weight excluding hydrogens is 785 g/mol. The van der Waals surface area contributed by atoms with Gasteiger partial charge in [0.1, 0.15) is 0 Å². The summed E-state index contributed by atoms with van der Waals surface area (Å²) in [6.45, 7) is 4.68. The molecule has 0 bridgehead atoms. The monoisotopic (exact) mass is 830 g/mol. The molecule has 1 heterocycles. The molecule has 0 amide bonds. The van der Waals surface area contributed by atoms with Gasteiger partial charge in [0, 0.05) is 38.9 Å². The molecule has 1 aromatic heterocycles. The zero-order chi connectivity index (χ0) is 43.5. The fourth-order valence-corrected chi connectivity index (χ4v) is 10.3. The van der Waals surface area contributed by atoms with Crippen LogP contribution in [0, 0.1) is 0 Å². The van der Waals surface area contributed by atoms with Crippen molar-refractivity contribution in [1.82, 2.24) is 4.57 Å². The van der Waals surface area contributed by atoms with Gasteiger partial charge in [-0.2, -0.15) is 0 Å². The highest BCUT2D eigenvalue weighted by molar-refractivity contribution is 6.11. The second kappa shape index (κ2) is 15.6. The second-order valence-electron chi connectivity index (χ2n) is 17.8. The van der Waals surface area contributed by atoms with Crippen LogP contribution in [0.3, 0.4) is 0 Å². The van der Waals surface area contributed by atoms with Crippen molar-refractivity contribution in [1.29, 1.82) is 0 Å². The van der Waals surface area contributed by atoms with E-state index in [0.29, 0.717) is 0 Å². The van der Waals surface area contributed by atoms with Crippen LogP contribution in [0.25, 0.3) is 83.1 Å². The third-order valence-corrected chi connectivity index (χ3v) is 13.6. The van der Waals surface area contributed by atoms with Crippen LogP contribution in [0.4, 0.5) is 17.1 Å². The SMILES string of the molecule is CC1(C)c2ccccc2-c2cc(N(c3ccc(-c4ccccc4)cc3)c3ccc(-c4ccc(-n5c6ccc(-c7ccccc7)cc6c6cc(-c7ccccc7)ccc65)cc4)cc3)ccc21. The first-order valence-electron chi connectivity index (χ1n) is 22.6. The van der Waals surface area contributed by atoms with Crippen molar-refractivity contribution in [2.75, 3.05) is 4.90 Å². The summed E-state index contributed by atoms with van der Waals surface area (Å²) in [5, 5.41) is 2.49. The minimum absolute atomic E-state index is 0.0524. The summed E-state index contributed by atoms with van der Waals surface area (Å²) in [6.07, 6.45) is 0. The van der Waals surface area contributed by atoms with Gasteiger partial charge in [0.05, 0.1) is 11.0 Å². The normalized spacial score (nSPS) is 12.6. The molecule has 0 radical (unpaired) electrons. The van der Waals surface area contributed by atoms with E-state index in [1.54, 1.807) is 0 Å². The number of hydrogen-bond acceptors (Lipinski definition) is 1. The van der Waals surface area contributed by atoms with E-state index >= 15 is 0 Å². The van der Waals surface area contributed by atoms with Crippen molar-refractivity contribution in [2.45, 2.75) is 19.3 Å². The van der Waals surface area contributed by atoms with Crippen LogP contribution in [-0.4, -0.2) is 4.57 Å². The van der Waals surface area contributed by atoms with E-state index in [2.05, 4.69) is 266 Å². The second-order valence-corrected chi connectivity index (χ2v) is 17.8. The van der Waals surface area contributed by atoms with Crippen LogP contribution >= 0.6 is 0 Å². The fourth-order valence-electron chi connectivity index (χ4n) is 10.3. The average Bonchev–Trinajstić information content (AvgIpc) is 3.82. The Labute approximate surface area is 381 Å². The van der Waals surface area contributed by atoms with Crippen molar-refractivity contribution in [3.05, 3.63) is 254 Å². The van der Waals surface area contributed by atoms with Crippen LogP contribution in [0.5, 0.6) is 0 Å². The van der Waals surface area contributed by atoms with Gasteiger partial charge in [-0.15, -0.1) is 0 Å². The van der Waals surface area contributed by atoms with E-state index in [4.69, 9.17) is 0 Å². The van der Waals surface area contributed by atoms with Crippen molar-refractivity contribution in [3.8, 4) is 61.3 Å². The van der Waals surface area contributed by atoms with Crippen molar-refractivity contribution in [2.24, 2.45) is 0 Å². The molecule has 0 saturated heterocycles. The zero-order valence-corrected chi connectivity index (χ0v) is 36.5. The first-order chi connectivity index (χ1) is 32.0. The molecule has 65 heavy (non-hydrogen) atoms. The molecule has 0 aliphatic heterocycles. The van der Waals surface area contributed by atoms with Gasteiger partial charge in [-0.05, 0) is 140 Å². The Hall–Kier alpha value is -8.20. The Kier molecular flexibility index (Phi) is 9.21. The molecular formula is C63H46N2. The molecule has 10 aromatic carbocycles. The van der Waals surface area contributed by atoms with E-state index < -0.39 is 0 Å². The van der Waals surface area contributed by atoms with Crippen molar-refractivity contribution >= 4 is 38.9 Å². The lowest BCUT2D eigenvalue weighted by Crippen LogP contribution is -2.15. The van der Waals surface area contributed by atoms with E-state index in [-0.39, 0.29) is 5.41 Å². The number of benzene rings is 10. The summed E-state index contributed by atoms with van der Waals surface area (Å²) in [7, 11) is 0. The number of hydrogen-bond donors (Lipinski definition) is 0. The minimum atomic E-state index is -0.0524. The highest BCUT2D eigenvalue weighted by Crippen LogP contribution is 2.51. The summed E-state index contributed by atoms with van der Waals surface area (Å²) in [5.74, 6) is 0. The Bertz CT molecular complexity index is 3410. The van der Waals surface area contributed by atoms with Gasteiger partial charge in [-0.3, -0.25) is 0 Å². The molecule has 0 unspecified atom stereocenters. The Morgan fingerprint density at radius 3 is 1.20 bits per heavy atom. The molecule has 0 N–H and O–H groups in total. The maximum absolute atomic E-state index is 2.41. The van der Waals surface area contributed by atoms with E-state index in [9.17, 15) is 0 Å². The van der Waals surface area contributed by atoms with Gasteiger partial charge in [-0.25, -0.2) is 0 Å². The number of anilines is 3. The van der Waals surface area contributed by atoms with Crippen LogP contribution in [0.1, 0.15) is 25.0 Å². The highest BCUT2D eigenvalue weighted by atomic mass is 15.1. The smallest absolute Gasteiger partial charge is 0.0541 e. The third kappa shape index (κ3) is 6.65. The minimum Gasteiger partial charge on any atom is -0.310 e. The van der Waals surface area contributed by atoms with Gasteiger partial charge < -0.3 is 9.47 Å². The number of nitrogens with zero attached hydrogens (tertiary/aromatic N) is 2. The van der Waals surface area contributed by atoms with Gasteiger partial charge in [0.2, 0.25) is 0 Å². The standard InChI is InChI=1S/C63H46N2/c1-63(2)59-21-13-12-20-55(59)56-42-54(36-37-60(56)63)64(51-30-22-46(23-31-51)43-14-6-3-7-15-43)52-32-24-47(25-33-52)48-26-34-53(35-27-48)65-61-38-28-49(44-16-8-4-9-17-44)40-57(61)58-41-50(29-39-62(58)65)45-18-10-5-11-19-45/h3-42H,1-2H3. The fraction of sp³-hybridized carbons (Fsp3) is 0.0476. The van der Waals surface area contributed by atoms with Gasteiger partial charge in [-0.1, -0.05) is 184 Å². The van der Waals surface area contributed by atoms with E-state index in [1.165, 1.54) is 88.6 Å². The molecule has 11 aromatic rings. The highest BCUT2D eigenvalue weighted by Gasteiger charge is 2.35. The van der Waals surface area contributed by atoms with Crippen molar-refractivity contribution in [3.63, 3.8) is 0 Å². The van der Waals surface area contributed by atoms with Crippen LogP contribution < -0.4 is 4.90 Å². The first kappa shape index (κ1) is 38.5. The molecule has 0 spiro atoms. The predicted molar refractivity (Wildman–Crippen MR) is 275 cm³/mol. The summed E-state index contributed by atoms with van der Waals surface area (Å²) in [5.41, 5.74) is 21.8. The number of rotatable bonds is 8. The lowest BCUT2D eigenvalue weighted by Gasteiger charge is -2.27. The predicted octanol–water partition coefficient (Wildman–Crippen LogP) is 17.2. The van der Waals surface area contributed by atoms with Crippen LogP contribution in [0.15, 0.2) is 243 Å².